The molecule has 0 amide bonds. The molecule has 0 aromatic heterocycles. The highest BCUT2D eigenvalue weighted by atomic mass is 31.1. The molecule has 8 aromatic carbocycles. The number of fused-ring (bicyclic) bond motifs is 2. The first-order valence-corrected chi connectivity index (χ1v) is 20.1. The van der Waals surface area contributed by atoms with E-state index in [9.17, 15) is 17.6 Å². The molecule has 0 spiro atoms. The lowest BCUT2D eigenvalue weighted by atomic mass is 9.88. The smallest absolute Gasteiger partial charge is 0.123 e. The minimum Gasteiger partial charge on any atom is -0.207 e. The molecule has 0 aliphatic carbocycles. The van der Waals surface area contributed by atoms with Crippen molar-refractivity contribution in [3.8, 4) is 11.1 Å². The van der Waals surface area contributed by atoms with Gasteiger partial charge < -0.3 is 0 Å². The van der Waals surface area contributed by atoms with E-state index in [1.807, 2.05) is 60.7 Å². The van der Waals surface area contributed by atoms with Crippen LogP contribution in [0.3, 0.4) is 0 Å². The van der Waals surface area contributed by atoms with Crippen LogP contribution in [-0.2, 0) is 12.3 Å². The molecular formula is C46H32F4P2. The molecule has 52 heavy (non-hydrogen) atoms. The molecular weight excluding hydrogens is 690 g/mol. The van der Waals surface area contributed by atoms with Crippen LogP contribution in [0.2, 0.25) is 0 Å². The van der Waals surface area contributed by atoms with Crippen LogP contribution in [0.1, 0.15) is 11.1 Å². The molecule has 0 atom stereocenters. The van der Waals surface area contributed by atoms with E-state index in [-0.39, 0.29) is 23.3 Å². The Balaban J connectivity index is 1.36. The van der Waals surface area contributed by atoms with Crippen molar-refractivity contribution < 1.29 is 17.6 Å². The predicted molar refractivity (Wildman–Crippen MR) is 212 cm³/mol. The Morgan fingerprint density at radius 3 is 0.904 bits per heavy atom. The lowest BCUT2D eigenvalue weighted by Crippen LogP contribution is -2.15. The molecule has 0 N–H and O–H groups in total. The zero-order chi connectivity index (χ0) is 35.6. The second kappa shape index (κ2) is 14.8. The third-order valence-corrected chi connectivity index (χ3v) is 14.5. The summed E-state index contributed by atoms with van der Waals surface area (Å²) in [5.74, 6) is -1.21. The summed E-state index contributed by atoms with van der Waals surface area (Å²) < 4.78 is 56.8. The van der Waals surface area contributed by atoms with Crippen LogP contribution in [0.4, 0.5) is 17.6 Å². The molecule has 0 radical (unpaired) electrons. The Kier molecular flexibility index (Phi) is 9.70. The molecule has 8 aromatic rings. The van der Waals surface area contributed by atoms with Gasteiger partial charge >= 0.3 is 0 Å². The van der Waals surface area contributed by atoms with Crippen LogP contribution in [0.15, 0.2) is 170 Å². The lowest BCUT2D eigenvalue weighted by Gasteiger charge is -2.25. The Bertz CT molecular complexity index is 2230. The van der Waals surface area contributed by atoms with E-state index in [0.29, 0.717) is 12.3 Å². The Labute approximate surface area is 302 Å². The maximum absolute atomic E-state index is 14.2. The fraction of sp³-hybridized carbons (Fsp3) is 0.0435. The van der Waals surface area contributed by atoms with Crippen molar-refractivity contribution >= 4 is 58.6 Å². The highest BCUT2D eigenvalue weighted by Crippen LogP contribution is 2.48. The Morgan fingerprint density at radius 2 is 0.596 bits per heavy atom. The highest BCUT2D eigenvalue weighted by molar-refractivity contribution is 7.72. The van der Waals surface area contributed by atoms with Crippen LogP contribution in [-0.4, -0.2) is 0 Å². The fourth-order valence-electron chi connectivity index (χ4n) is 6.98. The first-order chi connectivity index (χ1) is 25.4. The second-order valence-corrected chi connectivity index (χ2v) is 17.1. The number of hydrogen-bond acceptors (Lipinski definition) is 0. The van der Waals surface area contributed by atoms with Crippen LogP contribution < -0.4 is 21.2 Å². The molecule has 0 aliphatic heterocycles. The number of hydrogen-bond donors (Lipinski definition) is 0. The van der Waals surface area contributed by atoms with Crippen LogP contribution in [0.5, 0.6) is 0 Å². The van der Waals surface area contributed by atoms with E-state index in [2.05, 4.69) is 60.7 Å². The molecule has 0 unspecified atom stereocenters. The Morgan fingerprint density at radius 1 is 0.308 bits per heavy atom. The van der Waals surface area contributed by atoms with Gasteiger partial charge in [0.25, 0.3) is 0 Å². The van der Waals surface area contributed by atoms with Crippen molar-refractivity contribution in [2.24, 2.45) is 0 Å². The molecule has 8 rings (SSSR count). The van der Waals surface area contributed by atoms with Gasteiger partial charge in [0.15, 0.2) is 0 Å². The zero-order valence-electron chi connectivity index (χ0n) is 28.0. The van der Waals surface area contributed by atoms with E-state index >= 15 is 0 Å². The van der Waals surface area contributed by atoms with Crippen molar-refractivity contribution in [2.45, 2.75) is 12.3 Å². The van der Waals surface area contributed by atoms with Crippen molar-refractivity contribution in [1.82, 2.24) is 0 Å². The van der Waals surface area contributed by atoms with Gasteiger partial charge in [0, 0.05) is 12.3 Å². The van der Waals surface area contributed by atoms with Gasteiger partial charge in [-0.1, -0.05) is 121 Å². The summed E-state index contributed by atoms with van der Waals surface area (Å²) in [4.78, 5) is 0. The number of rotatable bonds is 9. The van der Waals surface area contributed by atoms with E-state index in [1.54, 1.807) is 0 Å². The maximum Gasteiger partial charge on any atom is 0.123 e. The molecule has 0 bridgehead atoms. The van der Waals surface area contributed by atoms with Gasteiger partial charge in [0.2, 0.25) is 0 Å². The zero-order valence-corrected chi connectivity index (χ0v) is 29.8. The largest absolute Gasteiger partial charge is 0.207 e. The fourth-order valence-corrected chi connectivity index (χ4v) is 11.5. The minimum atomic E-state index is -1.06. The maximum atomic E-state index is 14.2. The van der Waals surface area contributed by atoms with Crippen molar-refractivity contribution in [2.75, 3.05) is 0 Å². The third-order valence-electron chi connectivity index (χ3n) is 9.49. The molecule has 0 nitrogen and oxygen atoms in total. The van der Waals surface area contributed by atoms with Gasteiger partial charge in [0.05, 0.1) is 0 Å². The molecule has 6 heteroatoms. The van der Waals surface area contributed by atoms with Gasteiger partial charge in [-0.25, -0.2) is 17.6 Å². The topological polar surface area (TPSA) is 0 Å². The molecule has 0 aliphatic rings. The first-order valence-electron chi connectivity index (χ1n) is 17.0. The summed E-state index contributed by atoms with van der Waals surface area (Å²) in [7, 11) is -2.12. The summed E-state index contributed by atoms with van der Waals surface area (Å²) in [6.45, 7) is 0. The van der Waals surface area contributed by atoms with Gasteiger partial charge in [-0.3, -0.25) is 0 Å². The summed E-state index contributed by atoms with van der Waals surface area (Å²) in [5, 5.41) is 8.41. The van der Waals surface area contributed by atoms with E-state index < -0.39 is 15.8 Å². The summed E-state index contributed by atoms with van der Waals surface area (Å²) >= 11 is 0. The molecule has 0 saturated heterocycles. The van der Waals surface area contributed by atoms with Crippen LogP contribution in [0, 0.1) is 23.3 Å². The summed E-state index contributed by atoms with van der Waals surface area (Å²) in [5.41, 5.74) is 4.50. The number of halogens is 4. The average molecular weight is 723 g/mol. The summed E-state index contributed by atoms with van der Waals surface area (Å²) in [6.07, 6.45) is 1.28. The standard InChI is InChI=1S/C46H32F4P2/c47-35-13-21-39(22-14-35)51(40-23-15-36(48)16-24-40)29-33-11-9-31-5-1-3-7-43(31)45(33)46-34(12-10-32-6-2-4-8-44(32)46)30-52(41-25-17-37(49)18-26-41)42-27-19-38(50)20-28-42/h1-28H,29-30H2. The third kappa shape index (κ3) is 7.02. The highest BCUT2D eigenvalue weighted by Gasteiger charge is 2.24. The Hall–Kier alpha value is -5.14. The van der Waals surface area contributed by atoms with Crippen LogP contribution in [0.25, 0.3) is 32.7 Å². The molecule has 0 heterocycles. The van der Waals surface area contributed by atoms with Crippen molar-refractivity contribution in [3.63, 3.8) is 0 Å². The molecule has 0 fully saturated rings. The minimum absolute atomic E-state index is 0.302. The lowest BCUT2D eigenvalue weighted by molar-refractivity contribution is 0.627. The molecule has 0 saturated carbocycles. The normalized spacial score (nSPS) is 11.6. The number of benzene rings is 8. The van der Waals surface area contributed by atoms with Gasteiger partial charge in [-0.15, -0.1) is 0 Å². The van der Waals surface area contributed by atoms with Gasteiger partial charge in [0.1, 0.15) is 23.3 Å². The SMILES string of the molecule is Fc1ccc(P(Cc2ccc3ccccc3c2-c2c(CP(c3ccc(F)cc3)c3ccc(F)cc3)ccc3ccccc23)c2ccc(F)cc2)cc1. The van der Waals surface area contributed by atoms with E-state index in [1.165, 1.54) is 48.5 Å². The quantitative estimate of drug-likeness (QED) is 0.103. The monoisotopic (exact) mass is 722 g/mol. The average Bonchev–Trinajstić information content (AvgIpc) is 3.17. The first kappa shape index (κ1) is 34.0. The van der Waals surface area contributed by atoms with E-state index in [0.717, 1.165) is 65.0 Å². The van der Waals surface area contributed by atoms with Crippen molar-refractivity contribution in [3.05, 3.63) is 204 Å². The second-order valence-electron chi connectivity index (χ2n) is 12.7. The van der Waals surface area contributed by atoms with Crippen LogP contribution >= 0.6 is 15.8 Å². The molecule has 254 valence electrons. The van der Waals surface area contributed by atoms with Gasteiger partial charge in [-0.2, -0.15) is 0 Å². The van der Waals surface area contributed by atoms with E-state index in [4.69, 9.17) is 0 Å². The summed E-state index contributed by atoms with van der Waals surface area (Å²) in [6, 6.07) is 52.2. The van der Waals surface area contributed by atoms with Gasteiger partial charge in [-0.05, 0) is 129 Å². The predicted octanol–water partition coefficient (Wildman–Crippen LogP) is 11.5. The van der Waals surface area contributed by atoms with Crippen molar-refractivity contribution in [1.29, 1.82) is 0 Å².